The van der Waals surface area contributed by atoms with E-state index in [0.29, 0.717) is 26.9 Å². The van der Waals surface area contributed by atoms with Crippen molar-refractivity contribution >= 4 is 46.1 Å². The van der Waals surface area contributed by atoms with Gasteiger partial charge in [-0.05, 0) is 55.8 Å². The van der Waals surface area contributed by atoms with Crippen LogP contribution in [0.4, 0.5) is 5.13 Å². The second-order valence-electron chi connectivity index (χ2n) is 6.82. The molecule has 0 bridgehead atoms. The molecule has 5 rings (SSSR count). The summed E-state index contributed by atoms with van der Waals surface area (Å²) < 4.78 is 4.35. The van der Waals surface area contributed by atoms with E-state index in [1.165, 1.54) is 41.4 Å². The number of hydrogen-bond acceptors (Lipinski definition) is 10. The molecule has 1 amide bonds. The Morgan fingerprint density at radius 3 is 2.84 bits per heavy atom. The summed E-state index contributed by atoms with van der Waals surface area (Å²) in [6.07, 6.45) is 5.50. The Hall–Kier alpha value is -2.83. The minimum absolute atomic E-state index is 0.304. The summed E-state index contributed by atoms with van der Waals surface area (Å²) in [6, 6.07) is 7.63. The summed E-state index contributed by atoms with van der Waals surface area (Å²) in [5.41, 5.74) is 1.24. The number of hydrogen-bond donors (Lipinski definition) is 2. The van der Waals surface area contributed by atoms with Crippen molar-refractivity contribution in [3.8, 4) is 0 Å². The molecule has 9 nitrogen and oxygen atoms in total. The third kappa shape index (κ3) is 4.92. The SMILES string of the molecule is Cc1ccc(Sc2ccc(Sc3nnc[nH]3)nc2C(=O)Nc2nc(C3CC3)ns2)cn1. The molecule has 2 N–H and O–H groups in total. The number of H-pyrrole nitrogens is 1. The van der Waals surface area contributed by atoms with Gasteiger partial charge in [-0.1, -0.05) is 11.8 Å². The Bertz CT molecular complexity index is 1210. The van der Waals surface area contributed by atoms with Crippen LogP contribution in [0.1, 0.15) is 40.8 Å². The number of aromatic amines is 1. The minimum atomic E-state index is -0.332. The van der Waals surface area contributed by atoms with Crippen LogP contribution < -0.4 is 5.32 Å². The number of aryl methyl sites for hydroxylation is 1. The molecule has 12 heteroatoms. The maximum Gasteiger partial charge on any atom is 0.277 e. The van der Waals surface area contributed by atoms with Crippen molar-refractivity contribution in [3.63, 3.8) is 0 Å². The predicted octanol–water partition coefficient (Wildman–Crippen LogP) is 4.19. The maximum atomic E-state index is 13.1. The van der Waals surface area contributed by atoms with Crippen LogP contribution in [0.2, 0.25) is 0 Å². The predicted molar refractivity (Wildman–Crippen MR) is 118 cm³/mol. The van der Waals surface area contributed by atoms with Gasteiger partial charge in [0.05, 0.1) is 0 Å². The highest BCUT2D eigenvalue weighted by atomic mass is 32.2. The molecule has 0 aliphatic heterocycles. The molecular formula is C19H16N8OS3. The summed E-state index contributed by atoms with van der Waals surface area (Å²) >= 11 is 3.93. The van der Waals surface area contributed by atoms with Gasteiger partial charge in [-0.2, -0.15) is 4.37 Å². The van der Waals surface area contributed by atoms with E-state index < -0.39 is 0 Å². The van der Waals surface area contributed by atoms with Gasteiger partial charge in [0.25, 0.3) is 5.91 Å². The molecule has 4 aromatic heterocycles. The highest BCUT2D eigenvalue weighted by molar-refractivity contribution is 7.99. The van der Waals surface area contributed by atoms with Gasteiger partial charge in [0.15, 0.2) is 5.16 Å². The van der Waals surface area contributed by atoms with Crippen LogP contribution in [-0.4, -0.2) is 40.4 Å². The van der Waals surface area contributed by atoms with Gasteiger partial charge >= 0.3 is 0 Å². The third-order valence-corrected chi connectivity index (χ3v) is 6.86. The fraction of sp³-hybridized carbons (Fsp3) is 0.211. The summed E-state index contributed by atoms with van der Waals surface area (Å²) in [5.74, 6) is 0.908. The number of amides is 1. The van der Waals surface area contributed by atoms with Gasteiger partial charge in [-0.3, -0.25) is 15.1 Å². The summed E-state index contributed by atoms with van der Waals surface area (Å²) in [4.78, 5) is 31.0. The van der Waals surface area contributed by atoms with Gasteiger partial charge < -0.3 is 4.98 Å². The molecule has 31 heavy (non-hydrogen) atoms. The summed E-state index contributed by atoms with van der Waals surface area (Å²) in [6.45, 7) is 1.93. The van der Waals surface area contributed by atoms with Crippen LogP contribution in [0.15, 0.2) is 56.8 Å². The molecule has 4 heterocycles. The van der Waals surface area contributed by atoms with Crippen molar-refractivity contribution in [2.45, 2.75) is 45.7 Å². The van der Waals surface area contributed by atoms with E-state index in [4.69, 9.17) is 0 Å². The highest BCUT2D eigenvalue weighted by Gasteiger charge is 2.28. The molecule has 0 radical (unpaired) electrons. The van der Waals surface area contributed by atoms with E-state index in [-0.39, 0.29) is 5.91 Å². The van der Waals surface area contributed by atoms with Gasteiger partial charge in [-0.25, -0.2) is 9.97 Å². The molecule has 0 saturated heterocycles. The molecule has 1 saturated carbocycles. The van der Waals surface area contributed by atoms with Gasteiger partial charge in [0.2, 0.25) is 5.13 Å². The standard InChI is InChI=1S/C19H16N8OS3/c1-10-2-5-12(8-20-10)29-13-6-7-14(30-18-21-9-22-26-18)23-15(13)17(28)25-19-24-16(27-31-19)11-3-4-11/h2,5-9,11H,3-4H2,1H3,(H,21,22,26)(H,24,25,27,28). The first-order valence-corrected chi connectivity index (χ1v) is 11.8. The zero-order valence-electron chi connectivity index (χ0n) is 16.3. The number of nitrogens with one attached hydrogen (secondary N) is 2. The fourth-order valence-electron chi connectivity index (χ4n) is 2.66. The summed E-state index contributed by atoms with van der Waals surface area (Å²) in [5, 5.41) is 12.3. The van der Waals surface area contributed by atoms with Crippen molar-refractivity contribution in [1.29, 1.82) is 0 Å². The highest BCUT2D eigenvalue weighted by Crippen LogP contribution is 2.39. The Morgan fingerprint density at radius 1 is 1.19 bits per heavy atom. The lowest BCUT2D eigenvalue weighted by Gasteiger charge is -2.09. The Morgan fingerprint density at radius 2 is 2.10 bits per heavy atom. The van der Waals surface area contributed by atoms with E-state index in [1.54, 1.807) is 6.20 Å². The van der Waals surface area contributed by atoms with Gasteiger partial charge in [0, 0.05) is 39.1 Å². The van der Waals surface area contributed by atoms with Crippen LogP contribution in [0.5, 0.6) is 0 Å². The van der Waals surface area contributed by atoms with Crippen LogP contribution in [-0.2, 0) is 0 Å². The number of carbonyl (C=O) groups excluding carboxylic acids is 1. The zero-order valence-corrected chi connectivity index (χ0v) is 18.7. The Balaban J connectivity index is 1.42. The van der Waals surface area contributed by atoms with E-state index in [0.717, 1.165) is 34.2 Å². The molecule has 156 valence electrons. The van der Waals surface area contributed by atoms with Crippen molar-refractivity contribution in [3.05, 3.63) is 54.0 Å². The molecule has 1 aliphatic carbocycles. The van der Waals surface area contributed by atoms with Gasteiger partial charge in [0.1, 0.15) is 22.9 Å². The van der Waals surface area contributed by atoms with Crippen LogP contribution >= 0.6 is 35.1 Å². The monoisotopic (exact) mass is 468 g/mol. The minimum Gasteiger partial charge on any atom is -0.322 e. The fourth-order valence-corrected chi connectivity index (χ4v) is 4.84. The molecule has 0 atom stereocenters. The lowest BCUT2D eigenvalue weighted by atomic mass is 10.3. The second kappa shape index (κ2) is 8.73. The van der Waals surface area contributed by atoms with Crippen molar-refractivity contribution in [2.75, 3.05) is 5.32 Å². The average Bonchev–Trinajstić information content (AvgIpc) is 3.29. The molecule has 4 aromatic rings. The topological polar surface area (TPSA) is 122 Å². The van der Waals surface area contributed by atoms with Crippen molar-refractivity contribution in [2.24, 2.45) is 0 Å². The number of nitrogens with zero attached hydrogens (tertiary/aromatic N) is 6. The molecule has 1 fully saturated rings. The first-order valence-electron chi connectivity index (χ1n) is 9.44. The molecule has 1 aliphatic rings. The first kappa shape index (κ1) is 20.1. The van der Waals surface area contributed by atoms with E-state index in [2.05, 4.69) is 39.8 Å². The second-order valence-corrected chi connectivity index (χ2v) is 9.69. The van der Waals surface area contributed by atoms with Crippen LogP contribution in [0, 0.1) is 6.92 Å². The molecule has 0 aromatic carbocycles. The lowest BCUT2D eigenvalue weighted by molar-refractivity contribution is 0.101. The number of aromatic nitrogens is 7. The molecule has 0 spiro atoms. The Labute approximate surface area is 190 Å². The average molecular weight is 469 g/mol. The normalized spacial score (nSPS) is 13.3. The van der Waals surface area contributed by atoms with Crippen molar-refractivity contribution < 1.29 is 4.79 Å². The summed E-state index contributed by atoms with van der Waals surface area (Å²) in [7, 11) is 0. The van der Waals surface area contributed by atoms with E-state index >= 15 is 0 Å². The lowest BCUT2D eigenvalue weighted by Crippen LogP contribution is -2.15. The smallest absolute Gasteiger partial charge is 0.277 e. The third-order valence-electron chi connectivity index (χ3n) is 4.36. The quantitative estimate of drug-likeness (QED) is 0.411. The van der Waals surface area contributed by atoms with Crippen LogP contribution in [0.25, 0.3) is 0 Å². The first-order chi connectivity index (χ1) is 15.1. The number of anilines is 1. The zero-order chi connectivity index (χ0) is 21.2. The molecular weight excluding hydrogens is 452 g/mol. The largest absolute Gasteiger partial charge is 0.322 e. The van der Waals surface area contributed by atoms with E-state index in [9.17, 15) is 4.79 Å². The van der Waals surface area contributed by atoms with Gasteiger partial charge in [-0.15, -0.1) is 10.2 Å². The molecule has 0 unspecified atom stereocenters. The van der Waals surface area contributed by atoms with E-state index in [1.807, 2.05) is 31.2 Å². The maximum absolute atomic E-state index is 13.1. The number of pyridine rings is 2. The van der Waals surface area contributed by atoms with Crippen molar-refractivity contribution in [1.82, 2.24) is 34.5 Å². The number of carbonyl (C=O) groups is 1. The number of rotatable bonds is 7. The Kier molecular flexibility index (Phi) is 5.66. The van der Waals surface area contributed by atoms with Crippen LogP contribution in [0.3, 0.4) is 0 Å².